The fourth-order valence-electron chi connectivity index (χ4n) is 5.07. The molecule has 0 bridgehead atoms. The molecule has 0 saturated carbocycles. The first-order valence-corrected chi connectivity index (χ1v) is 13.5. The van der Waals surface area contributed by atoms with Crippen LogP contribution in [0.5, 0.6) is 5.75 Å². The van der Waals surface area contributed by atoms with Gasteiger partial charge in [-0.2, -0.15) is 4.39 Å². The van der Waals surface area contributed by atoms with Crippen molar-refractivity contribution in [3.8, 4) is 5.75 Å². The van der Waals surface area contributed by atoms with E-state index in [0.29, 0.717) is 37.7 Å². The summed E-state index contributed by atoms with van der Waals surface area (Å²) in [6, 6.07) is 7.75. The molecular formula is C32H30F6O2. The Labute approximate surface area is 229 Å². The molecule has 1 atom stereocenters. The highest BCUT2D eigenvalue weighted by molar-refractivity contribution is 5.92. The van der Waals surface area contributed by atoms with E-state index >= 15 is 4.39 Å². The Morgan fingerprint density at radius 2 is 1.52 bits per heavy atom. The third-order valence-electron chi connectivity index (χ3n) is 7.45. The van der Waals surface area contributed by atoms with Crippen LogP contribution in [0, 0.1) is 34.9 Å². The maximum Gasteiger partial charge on any atom is 0.346 e. The number of ether oxygens (including phenoxy) is 1. The molecule has 0 spiro atoms. The SMILES string of the molecule is CCCCCc1ccc(OC(=O)c2ccc(C3=CCC(c4ccc(CC)c(F)c4F)CC3)c(F)c2F)c(F)c1F. The Kier molecular flexibility index (Phi) is 9.38. The number of benzene rings is 3. The Bertz CT molecular complexity index is 1450. The van der Waals surface area contributed by atoms with Crippen LogP contribution in [0.4, 0.5) is 26.3 Å². The van der Waals surface area contributed by atoms with Gasteiger partial charge in [0.2, 0.25) is 5.82 Å². The summed E-state index contributed by atoms with van der Waals surface area (Å²) in [4.78, 5) is 12.5. The quantitative estimate of drug-likeness (QED) is 0.113. The molecule has 3 aromatic carbocycles. The van der Waals surface area contributed by atoms with Crippen LogP contribution in [0.25, 0.3) is 5.57 Å². The molecule has 0 aromatic heterocycles. The topological polar surface area (TPSA) is 26.3 Å². The first-order valence-electron chi connectivity index (χ1n) is 13.5. The fourth-order valence-corrected chi connectivity index (χ4v) is 5.07. The van der Waals surface area contributed by atoms with Crippen molar-refractivity contribution in [2.45, 2.75) is 71.1 Å². The molecule has 4 rings (SSSR count). The summed E-state index contributed by atoms with van der Waals surface area (Å²) >= 11 is 0. The molecule has 8 heteroatoms. The highest BCUT2D eigenvalue weighted by Gasteiger charge is 2.27. The maximum absolute atomic E-state index is 15.0. The average Bonchev–Trinajstić information content (AvgIpc) is 2.95. The van der Waals surface area contributed by atoms with Gasteiger partial charge in [-0.05, 0) is 78.8 Å². The van der Waals surface area contributed by atoms with E-state index < -0.39 is 52.2 Å². The number of carbonyl (C=O) groups is 1. The van der Waals surface area contributed by atoms with E-state index in [1.54, 1.807) is 25.1 Å². The van der Waals surface area contributed by atoms with E-state index in [9.17, 15) is 26.7 Å². The van der Waals surface area contributed by atoms with Crippen molar-refractivity contribution < 1.29 is 35.9 Å². The van der Waals surface area contributed by atoms with Crippen molar-refractivity contribution in [1.29, 1.82) is 0 Å². The van der Waals surface area contributed by atoms with Gasteiger partial charge in [-0.3, -0.25) is 0 Å². The molecule has 0 N–H and O–H groups in total. The molecule has 1 aliphatic rings. The number of hydrogen-bond acceptors (Lipinski definition) is 2. The Hall–Kier alpha value is -3.55. The minimum Gasteiger partial charge on any atom is -0.420 e. The minimum atomic E-state index is -1.48. The van der Waals surface area contributed by atoms with E-state index in [1.807, 2.05) is 6.92 Å². The van der Waals surface area contributed by atoms with Crippen molar-refractivity contribution >= 4 is 11.5 Å². The summed E-state index contributed by atoms with van der Waals surface area (Å²) < 4.78 is 92.6. The molecule has 40 heavy (non-hydrogen) atoms. The van der Waals surface area contributed by atoms with Gasteiger partial charge in [0, 0.05) is 5.56 Å². The Morgan fingerprint density at radius 1 is 0.800 bits per heavy atom. The fraction of sp³-hybridized carbons (Fsp3) is 0.344. The van der Waals surface area contributed by atoms with E-state index in [4.69, 9.17) is 4.74 Å². The smallest absolute Gasteiger partial charge is 0.346 e. The summed E-state index contributed by atoms with van der Waals surface area (Å²) in [5.74, 6) is -9.45. The van der Waals surface area contributed by atoms with Crippen molar-refractivity contribution in [2.24, 2.45) is 0 Å². The number of esters is 1. The third-order valence-corrected chi connectivity index (χ3v) is 7.45. The van der Waals surface area contributed by atoms with Gasteiger partial charge < -0.3 is 4.74 Å². The van der Waals surface area contributed by atoms with Crippen LogP contribution in [0.2, 0.25) is 0 Å². The first kappa shape index (κ1) is 29.4. The molecule has 2 nitrogen and oxygen atoms in total. The standard InChI is InChI=1S/C32H30F6O2/c1-3-5-6-7-21-13-17-25(31(38)27(21)34)40-32(39)24-16-15-23(29(36)30(24)37)20-10-8-19(9-11-20)22-14-12-18(4-2)26(33)28(22)35/h10,12-17,19H,3-9,11H2,1-2H3. The van der Waals surface area contributed by atoms with E-state index in [1.165, 1.54) is 12.1 Å². The molecule has 1 unspecified atom stereocenters. The van der Waals surface area contributed by atoms with Gasteiger partial charge in [0.1, 0.15) is 0 Å². The predicted octanol–water partition coefficient (Wildman–Crippen LogP) is 9.39. The van der Waals surface area contributed by atoms with Gasteiger partial charge in [-0.1, -0.05) is 57.0 Å². The Morgan fingerprint density at radius 3 is 2.20 bits per heavy atom. The summed E-state index contributed by atoms with van der Waals surface area (Å²) in [5.41, 5.74) is 0.292. The lowest BCUT2D eigenvalue weighted by molar-refractivity contribution is 0.0720. The van der Waals surface area contributed by atoms with Crippen LogP contribution in [-0.4, -0.2) is 5.97 Å². The van der Waals surface area contributed by atoms with Crippen LogP contribution < -0.4 is 4.74 Å². The van der Waals surface area contributed by atoms with Crippen LogP contribution in [0.1, 0.15) is 90.9 Å². The number of halogens is 6. The average molecular weight is 561 g/mol. The lowest BCUT2D eigenvalue weighted by Crippen LogP contribution is -2.14. The monoisotopic (exact) mass is 560 g/mol. The number of hydrogen-bond donors (Lipinski definition) is 0. The van der Waals surface area contributed by atoms with Crippen LogP contribution >= 0.6 is 0 Å². The second kappa shape index (κ2) is 12.7. The first-order chi connectivity index (χ1) is 19.2. The molecule has 0 amide bonds. The summed E-state index contributed by atoms with van der Waals surface area (Å²) in [7, 11) is 0. The zero-order valence-electron chi connectivity index (χ0n) is 22.4. The zero-order valence-corrected chi connectivity index (χ0v) is 22.4. The summed E-state index contributed by atoms with van der Waals surface area (Å²) in [6.45, 7) is 3.71. The van der Waals surface area contributed by atoms with Gasteiger partial charge in [-0.25, -0.2) is 26.7 Å². The highest BCUT2D eigenvalue weighted by atomic mass is 19.2. The lowest BCUT2D eigenvalue weighted by atomic mass is 9.82. The number of aryl methyl sites for hydroxylation is 2. The van der Waals surface area contributed by atoms with Gasteiger partial charge in [0.05, 0.1) is 5.56 Å². The normalized spacial score (nSPS) is 15.2. The molecule has 0 saturated heterocycles. The lowest BCUT2D eigenvalue weighted by Gasteiger charge is -2.24. The van der Waals surface area contributed by atoms with Gasteiger partial charge in [-0.15, -0.1) is 0 Å². The van der Waals surface area contributed by atoms with Crippen molar-refractivity contribution in [3.05, 3.63) is 105 Å². The van der Waals surface area contributed by atoms with Gasteiger partial charge >= 0.3 is 5.97 Å². The van der Waals surface area contributed by atoms with Crippen LogP contribution in [-0.2, 0) is 12.8 Å². The van der Waals surface area contributed by atoms with Crippen molar-refractivity contribution in [3.63, 3.8) is 0 Å². The predicted molar refractivity (Wildman–Crippen MR) is 141 cm³/mol. The summed E-state index contributed by atoms with van der Waals surface area (Å²) in [5, 5.41) is 0. The molecule has 212 valence electrons. The van der Waals surface area contributed by atoms with E-state index in [2.05, 4.69) is 0 Å². The van der Waals surface area contributed by atoms with Gasteiger partial charge in [0.25, 0.3) is 0 Å². The number of allylic oxidation sites excluding steroid dienone is 2. The molecular weight excluding hydrogens is 530 g/mol. The molecule has 0 radical (unpaired) electrons. The molecule has 3 aromatic rings. The number of unbranched alkanes of at least 4 members (excludes halogenated alkanes) is 2. The van der Waals surface area contributed by atoms with Gasteiger partial charge in [0.15, 0.2) is 34.8 Å². The maximum atomic E-state index is 15.0. The van der Waals surface area contributed by atoms with Crippen molar-refractivity contribution in [2.75, 3.05) is 0 Å². The van der Waals surface area contributed by atoms with E-state index in [-0.39, 0.29) is 34.6 Å². The largest absolute Gasteiger partial charge is 0.420 e. The molecule has 0 heterocycles. The van der Waals surface area contributed by atoms with Crippen molar-refractivity contribution in [1.82, 2.24) is 0 Å². The molecule has 0 fully saturated rings. The second-order valence-corrected chi connectivity index (χ2v) is 9.98. The van der Waals surface area contributed by atoms with Crippen LogP contribution in [0.15, 0.2) is 42.5 Å². The van der Waals surface area contributed by atoms with E-state index in [0.717, 1.165) is 25.0 Å². The summed E-state index contributed by atoms with van der Waals surface area (Å²) in [6.07, 6.45) is 5.71. The third kappa shape index (κ3) is 5.96. The molecule has 0 aliphatic heterocycles. The molecule has 1 aliphatic carbocycles. The van der Waals surface area contributed by atoms with Crippen LogP contribution in [0.3, 0.4) is 0 Å². The number of rotatable bonds is 9. The Balaban J connectivity index is 1.49. The highest BCUT2D eigenvalue weighted by Crippen LogP contribution is 2.39. The second-order valence-electron chi connectivity index (χ2n) is 9.98. The minimum absolute atomic E-state index is 0.0749. The number of carbonyl (C=O) groups excluding carboxylic acids is 1. The zero-order chi connectivity index (χ0) is 29.0.